The second kappa shape index (κ2) is 33.4. The number of allylic oxidation sites excluding steroid dienone is 2. The Morgan fingerprint density at radius 1 is 0.515 bits per heavy atom. The minimum absolute atomic E-state index is 0. The summed E-state index contributed by atoms with van der Waals surface area (Å²) in [5.74, 6) is -2.23. The Hall–Kier alpha value is -5.10. The smallest absolute Gasteiger partial charge is 0.155 e. The molecule has 16 heteroatoms. The van der Waals surface area contributed by atoms with Gasteiger partial charge in [-0.05, 0) is 66.5 Å². The zero-order chi connectivity index (χ0) is 44.7. The predicted octanol–water partition coefficient (Wildman–Crippen LogP) is 11.4. The first-order valence-corrected chi connectivity index (χ1v) is 18.5. The van der Waals surface area contributed by atoms with Gasteiger partial charge in [-0.3, -0.25) is 26.7 Å². The van der Waals surface area contributed by atoms with Crippen molar-refractivity contribution >= 4 is 5.78 Å². The number of hydrogen-bond donors (Lipinski definition) is 2. The molecule has 7 nitrogen and oxygen atoms in total. The number of ketones is 1. The number of carbonyl (C=O) groups excluding carboxylic acids is 1. The number of aromatic nitrogens is 4. The number of aliphatic hydroxyl groups is 2. The third kappa shape index (κ3) is 22.4. The second-order valence-corrected chi connectivity index (χ2v) is 12.6. The van der Waals surface area contributed by atoms with E-state index >= 15 is 0 Å². The van der Waals surface area contributed by atoms with Crippen LogP contribution in [-0.2, 0) is 91.8 Å². The van der Waals surface area contributed by atoms with Crippen molar-refractivity contribution in [1.82, 2.24) is 19.9 Å². The van der Waals surface area contributed by atoms with Crippen LogP contribution >= 0.6 is 0 Å². The van der Waals surface area contributed by atoms with Crippen molar-refractivity contribution in [2.75, 3.05) is 0 Å². The van der Waals surface area contributed by atoms with Crippen molar-refractivity contribution in [1.29, 1.82) is 0 Å². The van der Waals surface area contributed by atoms with Crippen LogP contribution in [0.25, 0.3) is 45.0 Å². The van der Waals surface area contributed by atoms with Crippen LogP contribution in [0.3, 0.4) is 0 Å². The summed E-state index contributed by atoms with van der Waals surface area (Å²) in [6, 6.07) is 45.6. The van der Waals surface area contributed by atoms with Gasteiger partial charge in [0.25, 0.3) is 0 Å². The van der Waals surface area contributed by atoms with Gasteiger partial charge in [0.2, 0.25) is 0 Å². The minimum atomic E-state index is -0.649. The normalized spacial score (nSPS) is 9.61. The van der Waals surface area contributed by atoms with E-state index in [4.69, 9.17) is 10.2 Å². The summed E-state index contributed by atoms with van der Waals surface area (Å²) in [6.45, 7) is 2.82. The first-order valence-electron chi connectivity index (χ1n) is 18.5. The molecule has 0 saturated carbocycles. The van der Waals surface area contributed by atoms with Crippen molar-refractivity contribution in [2.45, 2.75) is 20.5 Å². The molecule has 0 aliphatic rings. The van der Waals surface area contributed by atoms with Crippen LogP contribution in [0.5, 0.6) is 0 Å². The van der Waals surface area contributed by atoms with Gasteiger partial charge in [0.05, 0.1) is 12.4 Å². The Morgan fingerprint density at radius 3 is 1.26 bits per heavy atom. The maximum absolute atomic E-state index is 13.2. The third-order valence-electron chi connectivity index (χ3n) is 7.68. The average Bonchev–Trinajstić information content (AvgIpc) is 3.28. The summed E-state index contributed by atoms with van der Waals surface area (Å²) in [7, 11) is 0. The number of halogens is 5. The number of aliphatic hydroxyl groups excluding tert-OH is 2. The summed E-state index contributed by atoms with van der Waals surface area (Å²) >= 11 is 0. The topological polar surface area (TPSA) is 109 Å². The van der Waals surface area contributed by atoms with Crippen molar-refractivity contribution in [2.24, 2.45) is 0 Å². The standard InChI is InChI=1S/C12H9FNO.C11H6F2N.2C11H7FN.C5H8O2.4Ir/c13-11-3-1-10(2-4-11)12-7-9(8-15)5-6-14-12;12-8-4-5-9(10(13)7-8)11-3-1-2-6-14-11;2*12-10-6-4-9(5-7-10)11-3-1-2-8-13-11;1-4(6)3-5(2)7;;;;/h1,3-7,15H,8H2;1-4,6-7H;2*1-4,6-8H;3,6H,1-2H3;;;;/q4*-1;;;;;. The van der Waals surface area contributed by atoms with Gasteiger partial charge in [-0.2, -0.15) is 0 Å². The van der Waals surface area contributed by atoms with E-state index in [2.05, 4.69) is 44.2 Å². The molecule has 4 aromatic carbocycles. The molecular weight excluding hydrogens is 1570 g/mol. The molecule has 8 aromatic rings. The third-order valence-corrected chi connectivity index (χ3v) is 7.68. The van der Waals surface area contributed by atoms with Crippen LogP contribution in [0, 0.1) is 53.4 Å². The SMILES string of the molecule is CC(=O)C=C(C)O.Fc1c[c-]c(-c2ccccn2)c(F)c1.Fc1c[c-]c(-c2ccccn2)cc1.Fc1c[c-]c(-c2ccccn2)cc1.OCc1ccnc(-c2[c-]cc(F)cc2)c1.[Ir].[Ir].[Ir].[Ir]. The van der Waals surface area contributed by atoms with E-state index in [0.29, 0.717) is 17.0 Å². The molecule has 66 heavy (non-hydrogen) atoms. The molecule has 0 saturated heterocycles. The van der Waals surface area contributed by atoms with E-state index < -0.39 is 11.6 Å². The Kier molecular flexibility index (Phi) is 30.8. The second-order valence-electron chi connectivity index (χ2n) is 12.6. The molecule has 4 aromatic heterocycles. The van der Waals surface area contributed by atoms with Gasteiger partial charge in [0, 0.05) is 140 Å². The van der Waals surface area contributed by atoms with Crippen LogP contribution in [0.2, 0.25) is 0 Å². The fraction of sp³-hybridized carbons (Fsp3) is 0.0600. The molecule has 0 amide bonds. The number of carbonyl (C=O) groups is 1. The molecular formula is C50H37F5Ir4N4O3-4. The molecule has 0 aliphatic carbocycles. The number of hydrogen-bond acceptors (Lipinski definition) is 7. The number of nitrogens with zero attached hydrogens (tertiary/aromatic N) is 4. The summed E-state index contributed by atoms with van der Waals surface area (Å²) < 4.78 is 63.6. The number of rotatable bonds is 6. The van der Waals surface area contributed by atoms with Crippen molar-refractivity contribution in [3.63, 3.8) is 0 Å². The summed E-state index contributed by atoms with van der Waals surface area (Å²) in [6.07, 6.45) is 7.73. The van der Waals surface area contributed by atoms with E-state index in [0.717, 1.165) is 40.2 Å². The zero-order valence-electron chi connectivity index (χ0n) is 34.6. The summed E-state index contributed by atoms with van der Waals surface area (Å²) in [5.41, 5.74) is 6.04. The first-order chi connectivity index (χ1) is 29.9. The molecule has 0 atom stereocenters. The molecule has 0 unspecified atom stereocenters. The van der Waals surface area contributed by atoms with Gasteiger partial charge in [0.15, 0.2) is 5.78 Å². The summed E-state index contributed by atoms with van der Waals surface area (Å²) in [4.78, 5) is 26.3. The Bertz CT molecular complexity index is 2520. The molecule has 2 N–H and O–H groups in total. The van der Waals surface area contributed by atoms with Crippen molar-refractivity contribution in [3.8, 4) is 45.0 Å². The van der Waals surface area contributed by atoms with E-state index in [-0.39, 0.29) is 122 Å². The Balaban J connectivity index is 0.000000801. The molecule has 0 bridgehead atoms. The average molecular weight is 1610 g/mol. The molecule has 8 rings (SSSR count). The maximum Gasteiger partial charge on any atom is 0.155 e. The Morgan fingerprint density at radius 2 is 0.924 bits per heavy atom. The van der Waals surface area contributed by atoms with Crippen LogP contribution < -0.4 is 0 Å². The van der Waals surface area contributed by atoms with E-state index in [1.165, 1.54) is 56.3 Å². The van der Waals surface area contributed by atoms with Crippen LogP contribution in [0.15, 0.2) is 170 Å². The molecule has 0 fully saturated rings. The van der Waals surface area contributed by atoms with E-state index in [1.54, 1.807) is 73.3 Å². The monoisotopic (exact) mass is 1610 g/mol. The van der Waals surface area contributed by atoms with E-state index in [9.17, 15) is 26.7 Å². The molecule has 4 heterocycles. The van der Waals surface area contributed by atoms with Gasteiger partial charge < -0.3 is 30.1 Å². The molecule has 350 valence electrons. The van der Waals surface area contributed by atoms with Gasteiger partial charge in [0.1, 0.15) is 0 Å². The van der Waals surface area contributed by atoms with Gasteiger partial charge in [-0.1, -0.05) is 54.1 Å². The van der Waals surface area contributed by atoms with Gasteiger partial charge in [-0.25, -0.2) is 0 Å². The van der Waals surface area contributed by atoms with E-state index in [1.807, 2.05) is 36.4 Å². The Labute approximate surface area is 434 Å². The summed E-state index contributed by atoms with van der Waals surface area (Å²) in [5, 5.41) is 17.3. The molecule has 0 spiro atoms. The fourth-order valence-corrected chi connectivity index (χ4v) is 4.91. The molecule has 4 radical (unpaired) electrons. The quantitative estimate of drug-likeness (QED) is 0.0739. The first kappa shape index (κ1) is 60.9. The van der Waals surface area contributed by atoms with Crippen molar-refractivity contribution in [3.05, 3.63) is 229 Å². The van der Waals surface area contributed by atoms with Crippen LogP contribution in [-0.4, -0.2) is 35.9 Å². The van der Waals surface area contributed by atoms with Crippen LogP contribution in [0.4, 0.5) is 22.0 Å². The number of pyridine rings is 4. The van der Waals surface area contributed by atoms with Gasteiger partial charge in [-0.15, -0.1) is 102 Å². The predicted molar refractivity (Wildman–Crippen MR) is 227 cm³/mol. The zero-order valence-corrected chi connectivity index (χ0v) is 44.2. The fourth-order valence-electron chi connectivity index (χ4n) is 4.91. The molecule has 0 aliphatic heterocycles. The van der Waals surface area contributed by atoms with Crippen LogP contribution in [0.1, 0.15) is 19.4 Å². The maximum atomic E-state index is 13.2. The van der Waals surface area contributed by atoms with Gasteiger partial charge >= 0.3 is 0 Å². The minimum Gasteiger partial charge on any atom is -0.512 e. The van der Waals surface area contributed by atoms with Crippen molar-refractivity contribution < 1.29 is 117 Å². The largest absolute Gasteiger partial charge is 0.512 e. The number of benzene rings is 4.